The number of nitrogens with zero attached hydrogens (tertiary/aromatic N) is 3. The Kier molecular flexibility index (Phi) is 4.46. The molecule has 0 aliphatic heterocycles. The van der Waals surface area contributed by atoms with Gasteiger partial charge in [-0.3, -0.25) is 4.98 Å². The van der Waals surface area contributed by atoms with Crippen LogP contribution in [0.3, 0.4) is 0 Å². The van der Waals surface area contributed by atoms with Crippen LogP contribution in [0.2, 0.25) is 0 Å². The standard InChI is InChI=1S/C32H21N3/c1-3-13-29-26(7-1)21-31-32(34-28-12-2-4-14-30(28)35(29)31)27-11-6-10-25(20-27)24-9-5-8-23(19-24)22-15-17-33-18-16-22/h1-21H. The average molecular weight is 448 g/mol. The first-order valence-corrected chi connectivity index (χ1v) is 11.8. The van der Waals surface area contributed by atoms with E-state index in [0.717, 1.165) is 33.4 Å². The van der Waals surface area contributed by atoms with E-state index >= 15 is 0 Å². The Labute approximate surface area is 203 Å². The van der Waals surface area contributed by atoms with Crippen molar-refractivity contribution in [2.24, 2.45) is 0 Å². The highest BCUT2D eigenvalue weighted by Crippen LogP contribution is 2.34. The molecule has 0 radical (unpaired) electrons. The van der Waals surface area contributed by atoms with Gasteiger partial charge in [-0.15, -0.1) is 0 Å². The molecule has 0 aliphatic rings. The Morgan fingerprint density at radius 2 is 1.09 bits per heavy atom. The van der Waals surface area contributed by atoms with Crippen molar-refractivity contribution in [1.82, 2.24) is 14.4 Å². The largest absolute Gasteiger partial charge is 0.306 e. The maximum atomic E-state index is 5.14. The number of aromatic nitrogens is 3. The van der Waals surface area contributed by atoms with Crippen molar-refractivity contribution in [3.8, 4) is 33.5 Å². The molecule has 0 atom stereocenters. The summed E-state index contributed by atoms with van der Waals surface area (Å²) in [5, 5.41) is 1.22. The highest BCUT2D eigenvalue weighted by atomic mass is 14.9. The molecule has 4 aromatic carbocycles. The second kappa shape index (κ2) is 7.93. The lowest BCUT2D eigenvalue weighted by Gasteiger charge is -2.11. The van der Waals surface area contributed by atoms with Gasteiger partial charge >= 0.3 is 0 Å². The molecule has 0 saturated carbocycles. The van der Waals surface area contributed by atoms with Gasteiger partial charge in [0.05, 0.1) is 27.8 Å². The molecule has 3 heteroatoms. The van der Waals surface area contributed by atoms with Gasteiger partial charge in [0, 0.05) is 23.3 Å². The third-order valence-electron chi connectivity index (χ3n) is 6.65. The average Bonchev–Trinajstić information content (AvgIpc) is 3.33. The van der Waals surface area contributed by atoms with E-state index in [1.54, 1.807) is 0 Å². The zero-order valence-corrected chi connectivity index (χ0v) is 19.0. The van der Waals surface area contributed by atoms with Crippen LogP contribution in [0.5, 0.6) is 0 Å². The minimum atomic E-state index is 0.987. The van der Waals surface area contributed by atoms with E-state index in [0.29, 0.717) is 0 Å². The van der Waals surface area contributed by atoms with Crippen LogP contribution in [0.4, 0.5) is 0 Å². The lowest BCUT2D eigenvalue weighted by atomic mass is 9.97. The summed E-state index contributed by atoms with van der Waals surface area (Å²) < 4.78 is 2.34. The van der Waals surface area contributed by atoms with E-state index in [2.05, 4.69) is 113 Å². The zero-order valence-electron chi connectivity index (χ0n) is 19.0. The van der Waals surface area contributed by atoms with Gasteiger partial charge in [0.25, 0.3) is 0 Å². The predicted molar refractivity (Wildman–Crippen MR) is 144 cm³/mol. The first kappa shape index (κ1) is 19.7. The molecule has 3 aromatic heterocycles. The summed E-state index contributed by atoms with van der Waals surface area (Å²) in [4.78, 5) is 9.29. The van der Waals surface area contributed by atoms with Gasteiger partial charge in [-0.2, -0.15) is 0 Å². The van der Waals surface area contributed by atoms with Gasteiger partial charge in [0.2, 0.25) is 0 Å². The second-order valence-electron chi connectivity index (χ2n) is 8.77. The lowest BCUT2D eigenvalue weighted by molar-refractivity contribution is 1.27. The van der Waals surface area contributed by atoms with E-state index < -0.39 is 0 Å². The highest BCUT2D eigenvalue weighted by molar-refractivity contribution is 5.98. The smallest absolute Gasteiger partial charge is 0.0951 e. The maximum Gasteiger partial charge on any atom is 0.0951 e. The van der Waals surface area contributed by atoms with Gasteiger partial charge in [-0.1, -0.05) is 66.7 Å². The van der Waals surface area contributed by atoms with Crippen molar-refractivity contribution in [3.63, 3.8) is 0 Å². The summed E-state index contributed by atoms with van der Waals surface area (Å²) in [7, 11) is 0. The molecule has 0 bridgehead atoms. The fraction of sp³-hybridized carbons (Fsp3) is 0. The lowest BCUT2D eigenvalue weighted by Crippen LogP contribution is -1.95. The molecule has 164 valence electrons. The third kappa shape index (κ3) is 3.29. The number of fused-ring (bicyclic) bond motifs is 5. The Hall–Kier alpha value is -4.76. The van der Waals surface area contributed by atoms with E-state index in [1.807, 2.05) is 24.5 Å². The molecule has 0 amide bonds. The molecule has 35 heavy (non-hydrogen) atoms. The van der Waals surface area contributed by atoms with Gasteiger partial charge < -0.3 is 4.40 Å². The molecule has 7 rings (SSSR count). The fourth-order valence-corrected chi connectivity index (χ4v) is 5.00. The fourth-order valence-electron chi connectivity index (χ4n) is 5.00. The summed E-state index contributed by atoms with van der Waals surface area (Å²) >= 11 is 0. The topological polar surface area (TPSA) is 30.2 Å². The van der Waals surface area contributed by atoms with Crippen LogP contribution < -0.4 is 0 Å². The Balaban J connectivity index is 1.44. The molecule has 0 aliphatic carbocycles. The summed E-state index contributed by atoms with van der Waals surface area (Å²) in [6.07, 6.45) is 3.67. The second-order valence-corrected chi connectivity index (χ2v) is 8.77. The quantitative estimate of drug-likeness (QED) is 0.274. The first-order valence-electron chi connectivity index (χ1n) is 11.8. The van der Waals surface area contributed by atoms with E-state index in [4.69, 9.17) is 4.98 Å². The number of rotatable bonds is 3. The van der Waals surface area contributed by atoms with Crippen molar-refractivity contribution in [2.75, 3.05) is 0 Å². The molecule has 0 unspecified atom stereocenters. The Morgan fingerprint density at radius 1 is 0.457 bits per heavy atom. The summed E-state index contributed by atoms with van der Waals surface area (Å²) in [6.45, 7) is 0. The molecular formula is C32H21N3. The molecule has 3 nitrogen and oxygen atoms in total. The van der Waals surface area contributed by atoms with Crippen LogP contribution in [0, 0.1) is 0 Å². The van der Waals surface area contributed by atoms with Crippen molar-refractivity contribution in [1.29, 1.82) is 0 Å². The van der Waals surface area contributed by atoms with E-state index in [-0.39, 0.29) is 0 Å². The van der Waals surface area contributed by atoms with Crippen LogP contribution in [-0.4, -0.2) is 14.4 Å². The van der Waals surface area contributed by atoms with Crippen LogP contribution >= 0.6 is 0 Å². The summed E-state index contributed by atoms with van der Waals surface area (Å²) in [5.74, 6) is 0. The maximum absolute atomic E-state index is 5.14. The molecule has 0 saturated heterocycles. The predicted octanol–water partition coefficient (Wildman–Crippen LogP) is 8.04. The van der Waals surface area contributed by atoms with Gasteiger partial charge in [0.1, 0.15) is 0 Å². The van der Waals surface area contributed by atoms with Crippen LogP contribution in [0.1, 0.15) is 0 Å². The molecule has 0 fully saturated rings. The van der Waals surface area contributed by atoms with Crippen molar-refractivity contribution in [3.05, 3.63) is 128 Å². The Bertz CT molecular complexity index is 1850. The van der Waals surface area contributed by atoms with Gasteiger partial charge in [-0.25, -0.2) is 4.98 Å². The number of para-hydroxylation sites is 3. The third-order valence-corrected chi connectivity index (χ3v) is 6.65. The first-order chi connectivity index (χ1) is 17.3. The van der Waals surface area contributed by atoms with Crippen LogP contribution in [0.15, 0.2) is 128 Å². The highest BCUT2D eigenvalue weighted by Gasteiger charge is 2.14. The van der Waals surface area contributed by atoms with Crippen LogP contribution in [0.25, 0.3) is 61.0 Å². The van der Waals surface area contributed by atoms with E-state index in [1.165, 1.54) is 27.6 Å². The monoisotopic (exact) mass is 447 g/mol. The zero-order chi connectivity index (χ0) is 23.2. The number of hydrogen-bond acceptors (Lipinski definition) is 2. The van der Waals surface area contributed by atoms with Crippen molar-refractivity contribution < 1.29 is 0 Å². The molecule has 3 heterocycles. The number of hydrogen-bond donors (Lipinski definition) is 0. The molecule has 0 spiro atoms. The molecule has 0 N–H and O–H groups in total. The van der Waals surface area contributed by atoms with Crippen molar-refractivity contribution >= 4 is 27.5 Å². The van der Waals surface area contributed by atoms with Crippen LogP contribution in [-0.2, 0) is 0 Å². The minimum Gasteiger partial charge on any atom is -0.306 e. The summed E-state index contributed by atoms with van der Waals surface area (Å²) in [6, 6.07) is 40.6. The minimum absolute atomic E-state index is 0.987. The molecule has 7 aromatic rings. The molecular weight excluding hydrogens is 426 g/mol. The van der Waals surface area contributed by atoms with Crippen molar-refractivity contribution in [2.45, 2.75) is 0 Å². The van der Waals surface area contributed by atoms with Gasteiger partial charge in [0.15, 0.2) is 0 Å². The normalized spacial score (nSPS) is 11.4. The Morgan fingerprint density at radius 3 is 1.89 bits per heavy atom. The van der Waals surface area contributed by atoms with Gasteiger partial charge in [-0.05, 0) is 70.8 Å². The SMILES string of the molecule is c1cc(-c2ccncc2)cc(-c2cccc(-c3nc4ccccc4n4c3cc3ccccc34)c2)c1. The number of pyridine rings is 1. The van der Waals surface area contributed by atoms with E-state index in [9.17, 15) is 0 Å². The number of benzene rings is 4. The summed E-state index contributed by atoms with van der Waals surface area (Å²) in [5.41, 5.74) is 11.2.